The molecule has 1 saturated heterocycles. The standard InChI is InChI=1S/C11H19NO2/c1-9(2)11(13)14-8-10-4-6-12(3)7-5-10/h10H,1,4-8H2,2-3H3. The average molecular weight is 197 g/mol. The minimum Gasteiger partial charge on any atom is -0.462 e. The van der Waals surface area contributed by atoms with Crippen molar-refractivity contribution >= 4 is 5.97 Å². The number of likely N-dealkylation sites (tertiary alicyclic amines) is 1. The molecule has 0 aromatic heterocycles. The molecule has 1 aliphatic heterocycles. The summed E-state index contributed by atoms with van der Waals surface area (Å²) in [6.07, 6.45) is 2.25. The molecule has 1 heterocycles. The molecule has 0 aliphatic carbocycles. The highest BCUT2D eigenvalue weighted by Gasteiger charge is 2.18. The Labute approximate surface area is 85.7 Å². The maximum atomic E-state index is 11.1. The predicted molar refractivity (Wildman–Crippen MR) is 56.0 cm³/mol. The second-order valence-electron chi connectivity index (χ2n) is 4.13. The van der Waals surface area contributed by atoms with Crippen molar-refractivity contribution in [3.8, 4) is 0 Å². The summed E-state index contributed by atoms with van der Waals surface area (Å²) in [7, 11) is 2.12. The molecule has 0 bridgehead atoms. The Balaban J connectivity index is 2.19. The van der Waals surface area contributed by atoms with E-state index in [1.165, 1.54) is 0 Å². The van der Waals surface area contributed by atoms with Crippen molar-refractivity contribution in [1.82, 2.24) is 4.90 Å². The van der Waals surface area contributed by atoms with Gasteiger partial charge in [0.2, 0.25) is 0 Å². The monoisotopic (exact) mass is 197 g/mol. The van der Waals surface area contributed by atoms with E-state index in [4.69, 9.17) is 4.74 Å². The van der Waals surface area contributed by atoms with Gasteiger partial charge in [0.05, 0.1) is 6.61 Å². The SMILES string of the molecule is C=C(C)C(=O)OCC1CCN(C)CC1. The lowest BCUT2D eigenvalue weighted by Gasteiger charge is -2.28. The van der Waals surface area contributed by atoms with Crippen LogP contribution in [0.3, 0.4) is 0 Å². The molecule has 0 atom stereocenters. The third-order valence-electron chi connectivity index (χ3n) is 2.64. The summed E-state index contributed by atoms with van der Waals surface area (Å²) in [5, 5.41) is 0. The van der Waals surface area contributed by atoms with Gasteiger partial charge in [-0.15, -0.1) is 0 Å². The molecule has 80 valence electrons. The number of carbonyl (C=O) groups is 1. The predicted octanol–water partition coefficient (Wildman–Crippen LogP) is 1.45. The normalized spacial score (nSPS) is 19.3. The molecular formula is C11H19NO2. The van der Waals surface area contributed by atoms with Gasteiger partial charge in [-0.05, 0) is 45.8 Å². The zero-order valence-corrected chi connectivity index (χ0v) is 9.08. The minimum atomic E-state index is -0.260. The van der Waals surface area contributed by atoms with Gasteiger partial charge >= 0.3 is 5.97 Å². The number of hydrogen-bond donors (Lipinski definition) is 0. The molecule has 1 fully saturated rings. The molecular weight excluding hydrogens is 178 g/mol. The number of hydrogen-bond acceptors (Lipinski definition) is 3. The van der Waals surface area contributed by atoms with Gasteiger partial charge in [-0.2, -0.15) is 0 Å². The van der Waals surface area contributed by atoms with Gasteiger partial charge in [0.25, 0.3) is 0 Å². The molecule has 0 radical (unpaired) electrons. The van der Waals surface area contributed by atoms with Crippen LogP contribution in [-0.4, -0.2) is 37.6 Å². The number of ether oxygens (including phenoxy) is 1. The van der Waals surface area contributed by atoms with Crippen LogP contribution in [0.2, 0.25) is 0 Å². The molecule has 0 aromatic rings. The van der Waals surface area contributed by atoms with Crippen molar-refractivity contribution in [3.63, 3.8) is 0 Å². The van der Waals surface area contributed by atoms with Crippen LogP contribution in [0.4, 0.5) is 0 Å². The molecule has 0 saturated carbocycles. The summed E-state index contributed by atoms with van der Waals surface area (Å²) in [5.41, 5.74) is 0.484. The smallest absolute Gasteiger partial charge is 0.333 e. The largest absolute Gasteiger partial charge is 0.462 e. The first-order valence-electron chi connectivity index (χ1n) is 5.10. The quantitative estimate of drug-likeness (QED) is 0.506. The highest BCUT2D eigenvalue weighted by atomic mass is 16.5. The molecule has 0 unspecified atom stereocenters. The first kappa shape index (κ1) is 11.2. The number of esters is 1. The molecule has 0 amide bonds. The lowest BCUT2D eigenvalue weighted by atomic mass is 9.98. The van der Waals surface area contributed by atoms with Crippen LogP contribution in [0.5, 0.6) is 0 Å². The van der Waals surface area contributed by atoms with Crippen LogP contribution >= 0.6 is 0 Å². The van der Waals surface area contributed by atoms with Crippen LogP contribution in [0, 0.1) is 5.92 Å². The topological polar surface area (TPSA) is 29.5 Å². The van der Waals surface area contributed by atoms with Crippen LogP contribution in [0.25, 0.3) is 0 Å². The maximum Gasteiger partial charge on any atom is 0.333 e. The van der Waals surface area contributed by atoms with Gasteiger partial charge < -0.3 is 9.64 Å². The molecule has 0 aromatic carbocycles. The fraction of sp³-hybridized carbons (Fsp3) is 0.727. The van der Waals surface area contributed by atoms with Crippen LogP contribution in [-0.2, 0) is 9.53 Å². The minimum absolute atomic E-state index is 0.260. The van der Waals surface area contributed by atoms with E-state index in [1.807, 2.05) is 0 Å². The summed E-state index contributed by atoms with van der Waals surface area (Å²) in [6.45, 7) is 7.99. The fourth-order valence-corrected chi connectivity index (χ4v) is 1.55. The average Bonchev–Trinajstić information content (AvgIpc) is 2.16. The Hall–Kier alpha value is -0.830. The summed E-state index contributed by atoms with van der Waals surface area (Å²) in [6, 6.07) is 0. The van der Waals surface area contributed by atoms with Gasteiger partial charge in [-0.3, -0.25) is 0 Å². The van der Waals surface area contributed by atoms with Crippen molar-refractivity contribution in [2.24, 2.45) is 5.92 Å². The third-order valence-corrected chi connectivity index (χ3v) is 2.64. The van der Waals surface area contributed by atoms with E-state index in [2.05, 4.69) is 18.5 Å². The Morgan fingerprint density at radius 2 is 2.07 bits per heavy atom. The molecule has 1 aliphatic rings. The van der Waals surface area contributed by atoms with Crippen molar-refractivity contribution in [1.29, 1.82) is 0 Å². The first-order valence-corrected chi connectivity index (χ1v) is 5.10. The molecule has 3 heteroatoms. The Kier molecular flexibility index (Phi) is 4.14. The van der Waals surface area contributed by atoms with Crippen LogP contribution in [0.15, 0.2) is 12.2 Å². The van der Waals surface area contributed by atoms with Crippen molar-refractivity contribution in [2.75, 3.05) is 26.7 Å². The summed E-state index contributed by atoms with van der Waals surface area (Å²) in [4.78, 5) is 13.4. The van der Waals surface area contributed by atoms with Crippen molar-refractivity contribution in [2.45, 2.75) is 19.8 Å². The maximum absolute atomic E-state index is 11.1. The van der Waals surface area contributed by atoms with Gasteiger partial charge in [-0.25, -0.2) is 4.79 Å². The van der Waals surface area contributed by atoms with Crippen LogP contribution < -0.4 is 0 Å². The number of carbonyl (C=O) groups excluding carboxylic acids is 1. The van der Waals surface area contributed by atoms with E-state index >= 15 is 0 Å². The number of rotatable bonds is 3. The van der Waals surface area contributed by atoms with Gasteiger partial charge in [0.15, 0.2) is 0 Å². The fourth-order valence-electron chi connectivity index (χ4n) is 1.55. The summed E-state index contributed by atoms with van der Waals surface area (Å²) in [5.74, 6) is 0.276. The van der Waals surface area contributed by atoms with E-state index in [9.17, 15) is 4.79 Å². The van der Waals surface area contributed by atoms with E-state index in [0.717, 1.165) is 25.9 Å². The van der Waals surface area contributed by atoms with E-state index in [1.54, 1.807) is 6.92 Å². The summed E-state index contributed by atoms with van der Waals surface area (Å²) >= 11 is 0. The Bertz CT molecular complexity index is 217. The Morgan fingerprint density at radius 3 is 2.57 bits per heavy atom. The zero-order chi connectivity index (χ0) is 10.6. The number of piperidine rings is 1. The molecule has 1 rings (SSSR count). The Morgan fingerprint density at radius 1 is 1.50 bits per heavy atom. The second-order valence-corrected chi connectivity index (χ2v) is 4.13. The number of nitrogens with zero attached hydrogens (tertiary/aromatic N) is 1. The molecule has 14 heavy (non-hydrogen) atoms. The highest BCUT2D eigenvalue weighted by molar-refractivity contribution is 5.86. The lowest BCUT2D eigenvalue weighted by molar-refractivity contribution is -0.140. The molecule has 3 nitrogen and oxygen atoms in total. The highest BCUT2D eigenvalue weighted by Crippen LogP contribution is 2.16. The lowest BCUT2D eigenvalue weighted by Crippen LogP contribution is -2.32. The van der Waals surface area contributed by atoms with Gasteiger partial charge in [0.1, 0.15) is 0 Å². The first-order chi connectivity index (χ1) is 6.59. The van der Waals surface area contributed by atoms with E-state index in [-0.39, 0.29) is 5.97 Å². The van der Waals surface area contributed by atoms with E-state index in [0.29, 0.717) is 18.1 Å². The van der Waals surface area contributed by atoms with E-state index < -0.39 is 0 Å². The third kappa shape index (κ3) is 3.50. The van der Waals surface area contributed by atoms with Crippen molar-refractivity contribution in [3.05, 3.63) is 12.2 Å². The van der Waals surface area contributed by atoms with Gasteiger partial charge in [-0.1, -0.05) is 6.58 Å². The molecule has 0 spiro atoms. The molecule has 0 N–H and O–H groups in total. The summed E-state index contributed by atoms with van der Waals surface area (Å²) < 4.78 is 5.12. The van der Waals surface area contributed by atoms with Crippen LogP contribution in [0.1, 0.15) is 19.8 Å². The van der Waals surface area contributed by atoms with Gasteiger partial charge in [0, 0.05) is 5.57 Å². The van der Waals surface area contributed by atoms with Crippen molar-refractivity contribution < 1.29 is 9.53 Å². The second kappa shape index (κ2) is 5.15. The zero-order valence-electron chi connectivity index (χ0n) is 9.08.